The second-order valence-corrected chi connectivity index (χ2v) is 5.83. The topological polar surface area (TPSA) is 29.1 Å². The first-order valence-electron chi connectivity index (χ1n) is 7.35. The average Bonchev–Trinajstić information content (AvgIpc) is 2.47. The molecule has 20 heavy (non-hydrogen) atoms. The minimum atomic E-state index is 0.127. The minimum Gasteiger partial charge on any atom is -0.309 e. The number of rotatable bonds is 6. The predicted molar refractivity (Wildman–Crippen MR) is 84.6 cm³/mol. The van der Waals surface area contributed by atoms with E-state index < -0.39 is 0 Å². The maximum absolute atomic E-state index is 12.0. The Labute approximate surface area is 126 Å². The highest BCUT2D eigenvalue weighted by Gasteiger charge is 2.07. The fourth-order valence-electron chi connectivity index (χ4n) is 2.50. The Morgan fingerprint density at radius 1 is 1.35 bits per heavy atom. The van der Waals surface area contributed by atoms with Crippen molar-refractivity contribution in [3.05, 3.63) is 46.0 Å². The highest BCUT2D eigenvalue weighted by molar-refractivity contribution is 6.31. The van der Waals surface area contributed by atoms with Crippen LogP contribution in [0.2, 0.25) is 5.02 Å². The Morgan fingerprint density at radius 2 is 2.20 bits per heavy atom. The molecule has 0 atom stereocenters. The van der Waals surface area contributed by atoms with Crippen LogP contribution in [0.3, 0.4) is 0 Å². The Hall–Kier alpha value is -1.12. The Balaban J connectivity index is 1.74. The normalized spacial score (nSPS) is 15.0. The molecule has 0 saturated heterocycles. The van der Waals surface area contributed by atoms with Gasteiger partial charge in [-0.3, -0.25) is 4.79 Å². The van der Waals surface area contributed by atoms with Gasteiger partial charge in [-0.05, 0) is 69.3 Å². The van der Waals surface area contributed by atoms with Gasteiger partial charge in [0, 0.05) is 10.6 Å². The van der Waals surface area contributed by atoms with Crippen molar-refractivity contribution >= 4 is 17.4 Å². The number of ketones is 1. The molecule has 3 heteroatoms. The van der Waals surface area contributed by atoms with Crippen LogP contribution in [-0.4, -0.2) is 18.9 Å². The Bertz CT molecular complexity index is 508. The van der Waals surface area contributed by atoms with Crippen molar-refractivity contribution in [3.8, 4) is 0 Å². The highest BCUT2D eigenvalue weighted by atomic mass is 35.5. The van der Waals surface area contributed by atoms with Gasteiger partial charge in [0.15, 0.2) is 5.78 Å². The van der Waals surface area contributed by atoms with Crippen molar-refractivity contribution in [1.82, 2.24) is 5.32 Å². The van der Waals surface area contributed by atoms with E-state index in [1.165, 1.54) is 25.7 Å². The molecule has 1 aliphatic carbocycles. The largest absolute Gasteiger partial charge is 0.309 e. The van der Waals surface area contributed by atoms with E-state index >= 15 is 0 Å². The molecule has 0 amide bonds. The third-order valence-electron chi connectivity index (χ3n) is 3.77. The maximum Gasteiger partial charge on any atom is 0.176 e. The summed E-state index contributed by atoms with van der Waals surface area (Å²) >= 11 is 5.96. The first-order chi connectivity index (χ1) is 9.66. The molecule has 1 aliphatic rings. The zero-order valence-corrected chi connectivity index (χ0v) is 12.8. The fourth-order valence-corrected chi connectivity index (χ4v) is 2.62. The third kappa shape index (κ3) is 4.46. The minimum absolute atomic E-state index is 0.127. The number of hydrogen-bond donors (Lipinski definition) is 1. The van der Waals surface area contributed by atoms with Crippen molar-refractivity contribution in [3.63, 3.8) is 0 Å². The van der Waals surface area contributed by atoms with Crippen LogP contribution in [0.5, 0.6) is 0 Å². The molecule has 1 aromatic carbocycles. The smallest absolute Gasteiger partial charge is 0.176 e. The van der Waals surface area contributed by atoms with Crippen LogP contribution in [-0.2, 0) is 0 Å². The summed E-state index contributed by atoms with van der Waals surface area (Å²) in [7, 11) is 0. The third-order valence-corrected chi connectivity index (χ3v) is 4.20. The van der Waals surface area contributed by atoms with Crippen LogP contribution in [0.1, 0.15) is 48.0 Å². The van der Waals surface area contributed by atoms with E-state index in [2.05, 4.69) is 11.4 Å². The number of carbonyl (C=O) groups is 1. The molecular weight excluding hydrogens is 270 g/mol. The molecule has 2 nitrogen and oxygen atoms in total. The second-order valence-electron chi connectivity index (χ2n) is 5.42. The van der Waals surface area contributed by atoms with Gasteiger partial charge >= 0.3 is 0 Å². The number of allylic oxidation sites excluding steroid dienone is 1. The van der Waals surface area contributed by atoms with Crippen LogP contribution in [0.25, 0.3) is 0 Å². The van der Waals surface area contributed by atoms with Gasteiger partial charge in [-0.2, -0.15) is 0 Å². The van der Waals surface area contributed by atoms with Crippen LogP contribution >= 0.6 is 11.6 Å². The summed E-state index contributed by atoms with van der Waals surface area (Å²) in [6.45, 7) is 3.20. The molecule has 1 aromatic rings. The summed E-state index contributed by atoms with van der Waals surface area (Å²) in [6.07, 6.45) is 8.51. The van der Waals surface area contributed by atoms with Gasteiger partial charge < -0.3 is 5.32 Å². The van der Waals surface area contributed by atoms with Gasteiger partial charge in [0.25, 0.3) is 0 Å². The lowest BCUT2D eigenvalue weighted by Gasteiger charge is -2.12. The first-order valence-corrected chi connectivity index (χ1v) is 7.72. The summed E-state index contributed by atoms with van der Waals surface area (Å²) in [5.74, 6) is 0.127. The molecule has 1 N–H and O–H groups in total. The number of Topliss-reactive ketones (excluding diaryl/α,β-unsaturated/α-hetero) is 1. The quantitative estimate of drug-likeness (QED) is 0.481. The second kappa shape index (κ2) is 7.61. The molecule has 0 radical (unpaired) electrons. The molecule has 0 bridgehead atoms. The molecule has 0 aromatic heterocycles. The Kier molecular flexibility index (Phi) is 5.81. The zero-order valence-electron chi connectivity index (χ0n) is 12.0. The van der Waals surface area contributed by atoms with Crippen LogP contribution < -0.4 is 5.32 Å². The monoisotopic (exact) mass is 291 g/mol. The number of hydrogen-bond acceptors (Lipinski definition) is 2. The summed E-state index contributed by atoms with van der Waals surface area (Å²) in [5.41, 5.74) is 3.22. The summed E-state index contributed by atoms with van der Waals surface area (Å²) in [4.78, 5) is 12.0. The lowest BCUT2D eigenvalue weighted by Crippen LogP contribution is -2.24. The standard InChI is InChI=1S/C17H22ClNO/c1-13-11-15(7-8-16(13)18)17(20)12-19-10-9-14-5-3-2-4-6-14/h5,7-8,11,19H,2-4,6,9-10,12H2,1H3. The van der Waals surface area contributed by atoms with Gasteiger partial charge in [0.05, 0.1) is 6.54 Å². The van der Waals surface area contributed by atoms with E-state index in [0.717, 1.165) is 24.1 Å². The van der Waals surface area contributed by atoms with E-state index in [9.17, 15) is 4.79 Å². The van der Waals surface area contributed by atoms with Crippen molar-refractivity contribution < 1.29 is 4.79 Å². The summed E-state index contributed by atoms with van der Waals surface area (Å²) in [5, 5.41) is 3.95. The van der Waals surface area contributed by atoms with Crippen molar-refractivity contribution in [2.45, 2.75) is 39.0 Å². The molecule has 0 unspecified atom stereocenters. The lowest BCUT2D eigenvalue weighted by molar-refractivity contribution is 0.0991. The van der Waals surface area contributed by atoms with E-state index in [0.29, 0.717) is 11.6 Å². The van der Waals surface area contributed by atoms with Gasteiger partial charge in [0.2, 0.25) is 0 Å². The summed E-state index contributed by atoms with van der Waals surface area (Å²) < 4.78 is 0. The Morgan fingerprint density at radius 3 is 2.90 bits per heavy atom. The number of carbonyl (C=O) groups excluding carboxylic acids is 1. The molecular formula is C17H22ClNO. The van der Waals surface area contributed by atoms with Gasteiger partial charge in [-0.25, -0.2) is 0 Å². The number of benzene rings is 1. The van der Waals surface area contributed by atoms with Gasteiger partial charge in [-0.15, -0.1) is 0 Å². The van der Waals surface area contributed by atoms with Crippen LogP contribution in [0.4, 0.5) is 0 Å². The predicted octanol–water partition coefficient (Wildman–Crippen LogP) is 4.31. The molecule has 0 spiro atoms. The van der Waals surface area contributed by atoms with E-state index in [1.807, 2.05) is 13.0 Å². The van der Waals surface area contributed by atoms with Crippen molar-refractivity contribution in [2.24, 2.45) is 0 Å². The summed E-state index contributed by atoms with van der Waals surface area (Å²) in [6, 6.07) is 5.44. The number of halogens is 1. The zero-order chi connectivity index (χ0) is 14.4. The SMILES string of the molecule is Cc1cc(C(=O)CNCCC2=CCCCC2)ccc1Cl. The highest BCUT2D eigenvalue weighted by Crippen LogP contribution is 2.19. The molecule has 0 heterocycles. The first kappa shape index (κ1) is 15.3. The lowest BCUT2D eigenvalue weighted by atomic mass is 9.97. The van der Waals surface area contributed by atoms with Gasteiger partial charge in [-0.1, -0.05) is 23.3 Å². The van der Waals surface area contributed by atoms with Crippen molar-refractivity contribution in [2.75, 3.05) is 13.1 Å². The van der Waals surface area contributed by atoms with Crippen LogP contribution in [0.15, 0.2) is 29.8 Å². The molecule has 2 rings (SSSR count). The fraction of sp³-hybridized carbons (Fsp3) is 0.471. The van der Waals surface area contributed by atoms with E-state index in [1.54, 1.807) is 17.7 Å². The van der Waals surface area contributed by atoms with Crippen LogP contribution in [0, 0.1) is 6.92 Å². The van der Waals surface area contributed by atoms with E-state index in [4.69, 9.17) is 11.6 Å². The molecule has 0 fully saturated rings. The number of nitrogens with one attached hydrogen (secondary N) is 1. The molecule has 0 aliphatic heterocycles. The molecule has 0 saturated carbocycles. The maximum atomic E-state index is 12.0. The van der Waals surface area contributed by atoms with Crippen molar-refractivity contribution in [1.29, 1.82) is 0 Å². The van der Waals surface area contributed by atoms with E-state index in [-0.39, 0.29) is 5.78 Å². The number of aryl methyl sites for hydroxylation is 1. The molecule has 108 valence electrons. The average molecular weight is 292 g/mol. The van der Waals surface area contributed by atoms with Gasteiger partial charge in [0.1, 0.15) is 0 Å².